The fraction of sp³-hybridized carbons (Fsp3) is 0.571. The summed E-state index contributed by atoms with van der Waals surface area (Å²) >= 11 is 0. The summed E-state index contributed by atoms with van der Waals surface area (Å²) in [6, 6.07) is 8.38. The van der Waals surface area contributed by atoms with Gasteiger partial charge in [-0.15, -0.1) is 0 Å². The zero-order valence-corrected chi connectivity index (χ0v) is 10.2. The van der Waals surface area contributed by atoms with Crippen LogP contribution in [0.4, 0.5) is 0 Å². The lowest BCUT2D eigenvalue weighted by molar-refractivity contribution is -0.241. The van der Waals surface area contributed by atoms with Gasteiger partial charge in [-0.3, -0.25) is 0 Å². The second-order valence-electron chi connectivity index (χ2n) is 4.24. The highest BCUT2D eigenvalue weighted by Gasteiger charge is 2.39. The predicted molar refractivity (Wildman–Crippen MR) is 64.1 cm³/mol. The van der Waals surface area contributed by atoms with Crippen molar-refractivity contribution < 1.29 is 9.47 Å². The number of hydrogen-bond acceptors (Lipinski definition) is 2. The van der Waals surface area contributed by atoms with Gasteiger partial charge in [-0.25, -0.2) is 0 Å². The molecule has 2 nitrogen and oxygen atoms in total. The molecule has 1 heterocycles. The third kappa shape index (κ3) is 2.00. The van der Waals surface area contributed by atoms with E-state index in [9.17, 15) is 0 Å². The Hall–Kier alpha value is -0.860. The molecule has 0 saturated carbocycles. The van der Waals surface area contributed by atoms with E-state index in [-0.39, 0.29) is 0 Å². The monoisotopic (exact) mass is 220 g/mol. The second kappa shape index (κ2) is 4.98. The van der Waals surface area contributed by atoms with Gasteiger partial charge in [-0.2, -0.15) is 0 Å². The highest BCUT2D eigenvalue weighted by molar-refractivity contribution is 5.33. The van der Waals surface area contributed by atoms with Crippen molar-refractivity contribution in [1.29, 1.82) is 0 Å². The first-order valence-corrected chi connectivity index (χ1v) is 6.18. The average Bonchev–Trinajstić information content (AvgIpc) is 2.68. The van der Waals surface area contributed by atoms with Crippen molar-refractivity contribution in [3.05, 3.63) is 35.4 Å². The van der Waals surface area contributed by atoms with Crippen molar-refractivity contribution >= 4 is 0 Å². The van der Waals surface area contributed by atoms with E-state index in [1.54, 1.807) is 0 Å². The van der Waals surface area contributed by atoms with Crippen LogP contribution in [0.2, 0.25) is 0 Å². The highest BCUT2D eigenvalue weighted by atomic mass is 16.7. The van der Waals surface area contributed by atoms with E-state index in [1.807, 2.05) is 6.92 Å². The first-order chi connectivity index (χ1) is 7.82. The maximum Gasteiger partial charge on any atom is 0.195 e. The molecule has 0 fully saturated rings. The largest absolute Gasteiger partial charge is 0.346 e. The van der Waals surface area contributed by atoms with Gasteiger partial charge in [-0.05, 0) is 18.9 Å². The Morgan fingerprint density at radius 2 is 2.12 bits per heavy atom. The van der Waals surface area contributed by atoms with Gasteiger partial charge in [0.2, 0.25) is 0 Å². The normalized spacial score (nSPS) is 23.4. The molecule has 0 amide bonds. The average molecular weight is 220 g/mol. The van der Waals surface area contributed by atoms with Crippen LogP contribution in [0.1, 0.15) is 44.2 Å². The quantitative estimate of drug-likeness (QED) is 0.755. The Labute approximate surface area is 97.6 Å². The summed E-state index contributed by atoms with van der Waals surface area (Å²) in [6.07, 6.45) is 3.25. The van der Waals surface area contributed by atoms with Crippen LogP contribution in [0, 0.1) is 0 Å². The molecule has 0 aromatic heterocycles. The summed E-state index contributed by atoms with van der Waals surface area (Å²) in [4.78, 5) is 0. The molecule has 1 aliphatic heterocycles. The van der Waals surface area contributed by atoms with Gasteiger partial charge in [0.05, 0.1) is 6.61 Å². The first-order valence-electron chi connectivity index (χ1n) is 6.18. The van der Waals surface area contributed by atoms with E-state index in [0.29, 0.717) is 13.2 Å². The summed E-state index contributed by atoms with van der Waals surface area (Å²) in [5.74, 6) is -0.471. The molecule has 1 unspecified atom stereocenters. The van der Waals surface area contributed by atoms with Crippen molar-refractivity contribution in [2.75, 3.05) is 6.61 Å². The molecule has 2 heteroatoms. The molecule has 1 aromatic carbocycles. The van der Waals surface area contributed by atoms with Crippen molar-refractivity contribution in [2.24, 2.45) is 0 Å². The van der Waals surface area contributed by atoms with Crippen LogP contribution >= 0.6 is 0 Å². The van der Waals surface area contributed by atoms with Crippen molar-refractivity contribution in [3.8, 4) is 0 Å². The number of rotatable bonds is 5. The summed E-state index contributed by atoms with van der Waals surface area (Å²) in [5.41, 5.74) is 2.50. The van der Waals surface area contributed by atoms with Gasteiger partial charge < -0.3 is 9.47 Å². The Morgan fingerprint density at radius 3 is 2.88 bits per heavy atom. The van der Waals surface area contributed by atoms with Crippen molar-refractivity contribution in [2.45, 2.75) is 45.5 Å². The highest BCUT2D eigenvalue weighted by Crippen LogP contribution is 2.41. The molecule has 0 saturated heterocycles. The Kier molecular flexibility index (Phi) is 3.62. The number of benzene rings is 1. The van der Waals surface area contributed by atoms with Crippen LogP contribution in [0.3, 0.4) is 0 Å². The fourth-order valence-corrected chi connectivity index (χ4v) is 2.33. The zero-order chi connectivity index (χ0) is 11.4. The fourth-order valence-electron chi connectivity index (χ4n) is 2.33. The molecule has 0 aliphatic carbocycles. The molecule has 1 aliphatic rings. The maximum atomic E-state index is 5.93. The molecule has 1 atom stereocenters. The van der Waals surface area contributed by atoms with Crippen LogP contribution < -0.4 is 0 Å². The lowest BCUT2D eigenvalue weighted by Crippen LogP contribution is -2.29. The third-order valence-electron chi connectivity index (χ3n) is 3.13. The van der Waals surface area contributed by atoms with E-state index < -0.39 is 5.79 Å². The molecule has 88 valence electrons. The summed E-state index contributed by atoms with van der Waals surface area (Å²) in [6.45, 7) is 5.59. The lowest BCUT2D eigenvalue weighted by Gasteiger charge is -2.29. The number of hydrogen-bond donors (Lipinski definition) is 0. The molecule has 16 heavy (non-hydrogen) atoms. The van der Waals surface area contributed by atoms with E-state index in [1.165, 1.54) is 17.5 Å². The van der Waals surface area contributed by atoms with Crippen LogP contribution in [0.5, 0.6) is 0 Å². The zero-order valence-electron chi connectivity index (χ0n) is 10.2. The summed E-state index contributed by atoms with van der Waals surface area (Å²) < 4.78 is 11.8. The minimum absolute atomic E-state index is 0.471. The van der Waals surface area contributed by atoms with Gasteiger partial charge >= 0.3 is 0 Å². The maximum absolute atomic E-state index is 5.93. The molecule has 0 bridgehead atoms. The molecule has 0 radical (unpaired) electrons. The third-order valence-corrected chi connectivity index (χ3v) is 3.13. The minimum atomic E-state index is -0.471. The van der Waals surface area contributed by atoms with Gasteiger partial charge in [0.1, 0.15) is 0 Å². The van der Waals surface area contributed by atoms with E-state index in [2.05, 4.69) is 31.2 Å². The standard InChI is InChI=1S/C14H20O2/c1-3-5-10-14(15-4-2)13-9-7-6-8-12(13)11-16-14/h6-9H,3-5,10-11H2,1-2H3. The Morgan fingerprint density at radius 1 is 1.31 bits per heavy atom. The van der Waals surface area contributed by atoms with E-state index in [0.717, 1.165) is 12.8 Å². The Balaban J connectivity index is 2.27. The lowest BCUT2D eigenvalue weighted by atomic mass is 9.98. The van der Waals surface area contributed by atoms with E-state index >= 15 is 0 Å². The molecule has 0 N–H and O–H groups in total. The van der Waals surface area contributed by atoms with Gasteiger partial charge in [-0.1, -0.05) is 37.6 Å². The topological polar surface area (TPSA) is 18.5 Å². The summed E-state index contributed by atoms with van der Waals surface area (Å²) in [5, 5.41) is 0. The first kappa shape index (κ1) is 11.6. The Bertz CT molecular complexity index is 344. The molecule has 1 aromatic rings. The van der Waals surface area contributed by atoms with Crippen molar-refractivity contribution in [3.63, 3.8) is 0 Å². The van der Waals surface area contributed by atoms with E-state index in [4.69, 9.17) is 9.47 Å². The minimum Gasteiger partial charge on any atom is -0.346 e. The molecular formula is C14H20O2. The van der Waals surface area contributed by atoms with Crippen LogP contribution in [-0.2, 0) is 21.9 Å². The predicted octanol–water partition coefficient (Wildman–Crippen LogP) is 3.60. The van der Waals surface area contributed by atoms with Gasteiger partial charge in [0, 0.05) is 18.6 Å². The number of ether oxygens (including phenoxy) is 2. The second-order valence-corrected chi connectivity index (χ2v) is 4.24. The smallest absolute Gasteiger partial charge is 0.195 e. The molecular weight excluding hydrogens is 200 g/mol. The van der Waals surface area contributed by atoms with Gasteiger partial charge in [0.15, 0.2) is 5.79 Å². The van der Waals surface area contributed by atoms with Crippen molar-refractivity contribution in [1.82, 2.24) is 0 Å². The number of unbranched alkanes of at least 4 members (excludes halogenated alkanes) is 1. The van der Waals surface area contributed by atoms with Crippen LogP contribution in [0.15, 0.2) is 24.3 Å². The summed E-state index contributed by atoms with van der Waals surface area (Å²) in [7, 11) is 0. The van der Waals surface area contributed by atoms with Crippen LogP contribution in [0.25, 0.3) is 0 Å². The number of fused-ring (bicyclic) bond motifs is 1. The molecule has 0 spiro atoms. The van der Waals surface area contributed by atoms with Crippen LogP contribution in [-0.4, -0.2) is 6.61 Å². The van der Waals surface area contributed by atoms with Gasteiger partial charge in [0.25, 0.3) is 0 Å². The SMILES string of the molecule is CCCCC1(OCC)OCc2ccccc21. The molecule has 2 rings (SSSR count).